The van der Waals surface area contributed by atoms with Crippen LogP contribution in [0.1, 0.15) is 72.4 Å². The molecule has 4 aliphatic rings. The number of hydrogen-bond acceptors (Lipinski definition) is 5. The van der Waals surface area contributed by atoms with Crippen LogP contribution in [0.15, 0.2) is 24.3 Å². The van der Waals surface area contributed by atoms with Crippen molar-refractivity contribution in [3.63, 3.8) is 0 Å². The molecule has 7 heteroatoms. The molecule has 0 aromatic heterocycles. The lowest BCUT2D eigenvalue weighted by atomic mass is 9.53. The Balaban J connectivity index is 1.64. The van der Waals surface area contributed by atoms with E-state index >= 15 is 0 Å². The van der Waals surface area contributed by atoms with E-state index in [9.17, 15) is 0 Å². The van der Waals surface area contributed by atoms with E-state index in [2.05, 4.69) is 104 Å². The van der Waals surface area contributed by atoms with Crippen molar-refractivity contribution in [3.05, 3.63) is 35.4 Å². The van der Waals surface area contributed by atoms with Gasteiger partial charge in [0.25, 0.3) is 8.32 Å². The molecule has 1 fully saturated rings. The highest BCUT2D eigenvalue weighted by atomic mass is 28.4. The Bertz CT molecular complexity index is 1120. The lowest BCUT2D eigenvalue weighted by Gasteiger charge is -2.59. The van der Waals surface area contributed by atoms with Crippen LogP contribution in [-0.4, -0.2) is 52.5 Å². The van der Waals surface area contributed by atoms with Crippen molar-refractivity contribution in [1.29, 1.82) is 0 Å². The van der Waals surface area contributed by atoms with Crippen LogP contribution in [0.2, 0.25) is 36.3 Å². The van der Waals surface area contributed by atoms with Crippen LogP contribution in [0, 0.1) is 5.92 Å². The van der Waals surface area contributed by atoms with Gasteiger partial charge in [0.15, 0.2) is 14.1 Å². The molecule has 2 bridgehead atoms. The van der Waals surface area contributed by atoms with Gasteiger partial charge in [-0.3, -0.25) is 4.90 Å². The van der Waals surface area contributed by atoms with Crippen LogP contribution in [0.3, 0.4) is 0 Å². The molecule has 5 rings (SSSR count). The third-order valence-corrected chi connectivity index (χ3v) is 19.9. The Labute approximate surface area is 233 Å². The van der Waals surface area contributed by atoms with Crippen LogP contribution in [-0.2, 0) is 16.3 Å². The van der Waals surface area contributed by atoms with Gasteiger partial charge in [0.05, 0.1) is 6.17 Å². The van der Waals surface area contributed by atoms with E-state index in [1.807, 2.05) is 0 Å². The summed E-state index contributed by atoms with van der Waals surface area (Å²) in [6.45, 7) is 26.4. The number of benzene rings is 1. The molecule has 0 amide bonds. The first kappa shape index (κ1) is 28.4. The van der Waals surface area contributed by atoms with Gasteiger partial charge in [-0.15, -0.1) is 0 Å². The fourth-order valence-corrected chi connectivity index (χ4v) is 9.08. The maximum atomic E-state index is 7.15. The van der Waals surface area contributed by atoms with Crippen molar-refractivity contribution in [2.45, 2.75) is 134 Å². The maximum absolute atomic E-state index is 7.15. The lowest BCUT2D eigenvalue weighted by molar-refractivity contribution is -0.0596. The van der Waals surface area contributed by atoms with E-state index in [-0.39, 0.29) is 33.9 Å². The fraction of sp³-hybridized carbons (Fsp3) is 0.742. The molecule has 2 aliphatic carbocycles. The van der Waals surface area contributed by atoms with Crippen LogP contribution in [0.25, 0.3) is 0 Å². The molecule has 1 spiro atoms. The second-order valence-electron chi connectivity index (χ2n) is 15.4. The number of piperidine rings is 1. The summed E-state index contributed by atoms with van der Waals surface area (Å²) in [5.41, 5.74) is 9.44. The zero-order valence-electron chi connectivity index (χ0n) is 25.8. The predicted molar refractivity (Wildman–Crippen MR) is 162 cm³/mol. The Morgan fingerprint density at radius 2 is 1.71 bits per heavy atom. The summed E-state index contributed by atoms with van der Waals surface area (Å²) in [5, 5.41) is 0.249. The molecule has 2 heterocycles. The van der Waals surface area contributed by atoms with E-state index in [1.165, 1.54) is 11.1 Å². The topological polar surface area (TPSA) is 57.0 Å². The monoisotopic (exact) mass is 556 g/mol. The molecule has 1 saturated heterocycles. The molecule has 2 N–H and O–H groups in total. The molecular formula is C31H52N2O3Si2. The van der Waals surface area contributed by atoms with Gasteiger partial charge in [0, 0.05) is 29.5 Å². The summed E-state index contributed by atoms with van der Waals surface area (Å²) in [5.74, 6) is 2.31. The normalized spacial score (nSPS) is 31.6. The van der Waals surface area contributed by atoms with E-state index < -0.39 is 16.6 Å². The summed E-state index contributed by atoms with van der Waals surface area (Å²) in [7, 11) is -4.06. The van der Waals surface area contributed by atoms with E-state index in [1.54, 1.807) is 0 Å². The minimum absolute atomic E-state index is 0.0349. The van der Waals surface area contributed by atoms with Crippen molar-refractivity contribution >= 4 is 16.6 Å². The molecule has 212 valence electrons. The van der Waals surface area contributed by atoms with Gasteiger partial charge in [0.1, 0.15) is 18.0 Å². The molecule has 1 aromatic carbocycles. The third-order valence-electron chi connectivity index (χ3n) is 11.1. The first-order valence-electron chi connectivity index (χ1n) is 14.8. The molecule has 2 aliphatic heterocycles. The molecule has 38 heavy (non-hydrogen) atoms. The number of likely N-dealkylation sites (tertiary alicyclic amines) is 1. The number of nitrogens with zero attached hydrogens (tertiary/aromatic N) is 1. The van der Waals surface area contributed by atoms with Crippen molar-refractivity contribution in [2.75, 3.05) is 6.54 Å². The zero-order chi connectivity index (χ0) is 28.1. The Kier molecular flexibility index (Phi) is 6.68. The van der Waals surface area contributed by atoms with Gasteiger partial charge in [-0.2, -0.15) is 0 Å². The number of rotatable bonds is 6. The smallest absolute Gasteiger partial charge is 0.250 e. The van der Waals surface area contributed by atoms with E-state index in [0.29, 0.717) is 12.0 Å². The summed E-state index contributed by atoms with van der Waals surface area (Å²) >= 11 is 0. The minimum atomic E-state index is -2.04. The predicted octanol–water partition coefficient (Wildman–Crippen LogP) is 6.97. The fourth-order valence-electron chi connectivity index (χ4n) is 6.83. The van der Waals surface area contributed by atoms with Crippen molar-refractivity contribution in [1.82, 2.24) is 4.90 Å². The Hall–Kier alpha value is -1.13. The first-order valence-corrected chi connectivity index (χ1v) is 20.7. The number of nitrogens with two attached hydrogens (primary N) is 1. The Morgan fingerprint density at radius 1 is 1.05 bits per heavy atom. The van der Waals surface area contributed by atoms with Crippen molar-refractivity contribution < 1.29 is 13.6 Å². The highest BCUT2D eigenvalue weighted by Gasteiger charge is 2.66. The second kappa shape index (κ2) is 8.94. The van der Waals surface area contributed by atoms with Crippen molar-refractivity contribution in [2.24, 2.45) is 11.7 Å². The summed E-state index contributed by atoms with van der Waals surface area (Å²) in [4.78, 5) is 2.58. The van der Waals surface area contributed by atoms with Gasteiger partial charge < -0.3 is 19.3 Å². The van der Waals surface area contributed by atoms with Gasteiger partial charge in [-0.05, 0) is 67.2 Å². The average Bonchev–Trinajstić information content (AvgIpc) is 3.14. The highest BCUT2D eigenvalue weighted by molar-refractivity contribution is 6.75. The highest BCUT2D eigenvalue weighted by Crippen LogP contribution is 2.63. The maximum Gasteiger partial charge on any atom is 0.250 e. The first-order chi connectivity index (χ1) is 17.4. The number of hydrogen-bond donors (Lipinski definition) is 1. The molecule has 0 saturated carbocycles. The molecule has 6 atom stereocenters. The molecule has 0 radical (unpaired) electrons. The molecular weight excluding hydrogens is 505 g/mol. The third kappa shape index (κ3) is 4.09. The van der Waals surface area contributed by atoms with E-state index in [0.717, 1.165) is 37.3 Å². The number of ether oxygens (including phenoxy) is 1. The summed E-state index contributed by atoms with van der Waals surface area (Å²) in [6.07, 6.45) is 7.84. The Morgan fingerprint density at radius 3 is 2.32 bits per heavy atom. The largest absolute Gasteiger partial charge is 0.541 e. The van der Waals surface area contributed by atoms with Crippen LogP contribution >= 0.6 is 0 Å². The van der Waals surface area contributed by atoms with Crippen molar-refractivity contribution in [3.8, 4) is 11.5 Å². The zero-order valence-corrected chi connectivity index (χ0v) is 27.8. The van der Waals surface area contributed by atoms with Crippen LogP contribution in [0.5, 0.6) is 11.5 Å². The van der Waals surface area contributed by atoms with Gasteiger partial charge >= 0.3 is 0 Å². The molecule has 5 nitrogen and oxygen atoms in total. The minimum Gasteiger partial charge on any atom is -0.541 e. The molecule has 1 aromatic rings. The van der Waals surface area contributed by atoms with E-state index in [4.69, 9.17) is 19.3 Å². The van der Waals surface area contributed by atoms with Crippen LogP contribution in [0.4, 0.5) is 0 Å². The average molecular weight is 557 g/mol. The van der Waals surface area contributed by atoms with Gasteiger partial charge in [-0.1, -0.05) is 66.7 Å². The second-order valence-corrected chi connectivity index (χ2v) is 24.8. The standard InChI is InChI=1S/C31H52N2O3Si2/c1-12-25(32)33-18-17-31-21-14-16-24(36-38(10,11)30(5,6)7)28(31)34-27-23(35-37(8,9)29(2,3)4)15-13-20(26(27)31)19-22(21)33/h13-16,21-22,24-25,28H,12,17-19,32H2,1-11H3/t21-,22+,24?,25?,28?,31-/m0/s1. The quantitative estimate of drug-likeness (QED) is 0.303. The SMILES string of the molecule is CCC(N)N1CC[C@]23c4c5ccc(O[Si](C)(C)C(C)(C)C)c4OC2C(O[Si](C)(C)C(C)(C)C)C=C[C@H]3[C@H]1C5. The lowest BCUT2D eigenvalue weighted by Crippen LogP contribution is -2.68. The molecule has 3 unspecified atom stereocenters. The van der Waals surface area contributed by atoms with Gasteiger partial charge in [0.2, 0.25) is 0 Å². The van der Waals surface area contributed by atoms with Crippen LogP contribution < -0.4 is 14.9 Å². The van der Waals surface area contributed by atoms with Gasteiger partial charge in [-0.25, -0.2) is 0 Å². The summed E-state index contributed by atoms with van der Waals surface area (Å²) < 4.78 is 21.3. The summed E-state index contributed by atoms with van der Waals surface area (Å²) in [6, 6.07) is 4.92.